The standard InChI is InChI=1S/C26H32N4O.2CH2O2/c1-20-8-15-30-19-23(27-24(30)18-20)26(22-6-4-3-5-7-22)11-16-29(17-12-26)25(31)21-9-13-28(2)14-10-21;2*2-1-3/h3-8,15,18-19,21H,9-14,16-17H2,1-2H3;2*1H,(H,2,3). The number of carbonyl (C=O) groups is 3. The molecule has 5 rings (SSSR count). The van der Waals surface area contributed by atoms with E-state index < -0.39 is 0 Å². The smallest absolute Gasteiger partial charge is 0.290 e. The van der Waals surface area contributed by atoms with Crippen molar-refractivity contribution in [1.82, 2.24) is 19.2 Å². The third kappa shape index (κ3) is 6.54. The van der Waals surface area contributed by atoms with Crippen molar-refractivity contribution in [3.05, 3.63) is 71.7 Å². The van der Waals surface area contributed by atoms with Gasteiger partial charge in [0.25, 0.3) is 12.9 Å². The number of pyridine rings is 1. The Morgan fingerprint density at radius 2 is 1.59 bits per heavy atom. The minimum absolute atomic E-state index is 0.148. The lowest BCUT2D eigenvalue weighted by Crippen LogP contribution is -2.49. The monoisotopic (exact) mass is 508 g/mol. The molecule has 2 aliphatic rings. The van der Waals surface area contributed by atoms with Gasteiger partial charge in [0.15, 0.2) is 0 Å². The van der Waals surface area contributed by atoms with E-state index in [2.05, 4.69) is 83.0 Å². The van der Waals surface area contributed by atoms with Crippen LogP contribution in [-0.4, -0.2) is 81.5 Å². The molecule has 3 aromatic rings. The van der Waals surface area contributed by atoms with Crippen LogP contribution >= 0.6 is 0 Å². The van der Waals surface area contributed by atoms with E-state index >= 15 is 0 Å². The van der Waals surface area contributed by atoms with Gasteiger partial charge in [0, 0.05) is 36.8 Å². The molecule has 0 bridgehead atoms. The number of aryl methyl sites for hydroxylation is 1. The highest BCUT2D eigenvalue weighted by molar-refractivity contribution is 5.79. The van der Waals surface area contributed by atoms with Gasteiger partial charge in [-0.25, -0.2) is 4.98 Å². The average molecular weight is 509 g/mol. The largest absolute Gasteiger partial charge is 0.483 e. The third-order valence-electron chi connectivity index (χ3n) is 7.43. The van der Waals surface area contributed by atoms with Crippen molar-refractivity contribution in [1.29, 1.82) is 0 Å². The van der Waals surface area contributed by atoms with Crippen molar-refractivity contribution in [2.24, 2.45) is 5.92 Å². The maximum Gasteiger partial charge on any atom is 0.290 e. The lowest BCUT2D eigenvalue weighted by Gasteiger charge is -2.43. The Morgan fingerprint density at radius 1 is 1.00 bits per heavy atom. The Labute approximate surface area is 217 Å². The molecule has 1 aromatic carbocycles. The summed E-state index contributed by atoms with van der Waals surface area (Å²) >= 11 is 0. The fraction of sp³-hybridized carbons (Fsp3) is 0.429. The fourth-order valence-corrected chi connectivity index (χ4v) is 5.39. The molecule has 0 saturated carbocycles. The predicted molar refractivity (Wildman–Crippen MR) is 141 cm³/mol. The number of carboxylic acid groups (broad SMARTS) is 2. The van der Waals surface area contributed by atoms with E-state index in [1.807, 2.05) is 0 Å². The van der Waals surface area contributed by atoms with E-state index in [0.29, 0.717) is 5.91 Å². The molecule has 2 fully saturated rings. The number of piperidine rings is 2. The number of aromatic nitrogens is 2. The number of fused-ring (bicyclic) bond motifs is 1. The molecule has 2 N–H and O–H groups in total. The predicted octanol–water partition coefficient (Wildman–Crippen LogP) is 3.29. The quantitative estimate of drug-likeness (QED) is 0.522. The summed E-state index contributed by atoms with van der Waals surface area (Å²) in [6, 6.07) is 15.0. The topological polar surface area (TPSA) is 115 Å². The van der Waals surface area contributed by atoms with Gasteiger partial charge in [0.2, 0.25) is 5.91 Å². The van der Waals surface area contributed by atoms with Crippen LogP contribution in [-0.2, 0) is 19.8 Å². The Bertz CT molecular complexity index is 1160. The summed E-state index contributed by atoms with van der Waals surface area (Å²) in [7, 11) is 2.14. The second kappa shape index (κ2) is 13.0. The van der Waals surface area contributed by atoms with Crippen LogP contribution in [0.5, 0.6) is 0 Å². The maximum absolute atomic E-state index is 13.2. The number of imidazole rings is 1. The van der Waals surface area contributed by atoms with Gasteiger partial charge in [-0.3, -0.25) is 14.4 Å². The van der Waals surface area contributed by atoms with E-state index in [9.17, 15) is 4.79 Å². The normalized spacial score (nSPS) is 17.6. The summed E-state index contributed by atoms with van der Waals surface area (Å²) in [5.41, 5.74) is 4.49. The van der Waals surface area contributed by atoms with Gasteiger partial charge in [-0.2, -0.15) is 0 Å². The number of nitrogens with zero attached hydrogens (tertiary/aromatic N) is 4. The van der Waals surface area contributed by atoms with Crippen LogP contribution in [0.15, 0.2) is 54.9 Å². The molecule has 198 valence electrons. The van der Waals surface area contributed by atoms with Gasteiger partial charge >= 0.3 is 0 Å². The molecule has 9 nitrogen and oxygen atoms in total. The second-order valence-electron chi connectivity index (χ2n) is 9.66. The first-order valence-corrected chi connectivity index (χ1v) is 12.5. The summed E-state index contributed by atoms with van der Waals surface area (Å²) in [6.07, 6.45) is 8.09. The minimum atomic E-state index is -0.250. The van der Waals surface area contributed by atoms with Gasteiger partial charge in [-0.1, -0.05) is 30.3 Å². The molecule has 0 radical (unpaired) electrons. The molecule has 2 aliphatic heterocycles. The molecule has 0 atom stereocenters. The molecule has 0 aliphatic carbocycles. The van der Waals surface area contributed by atoms with E-state index in [1.165, 1.54) is 11.1 Å². The summed E-state index contributed by atoms with van der Waals surface area (Å²) in [4.78, 5) is 39.4. The third-order valence-corrected chi connectivity index (χ3v) is 7.43. The number of benzene rings is 1. The van der Waals surface area contributed by atoms with Crippen molar-refractivity contribution >= 4 is 24.5 Å². The molecular weight excluding hydrogens is 472 g/mol. The Hall–Kier alpha value is -3.72. The fourth-order valence-electron chi connectivity index (χ4n) is 5.39. The molecule has 0 unspecified atom stereocenters. The van der Waals surface area contributed by atoms with Gasteiger partial charge in [-0.15, -0.1) is 0 Å². The number of carbonyl (C=O) groups excluding carboxylic acids is 1. The van der Waals surface area contributed by atoms with Crippen molar-refractivity contribution in [3.8, 4) is 0 Å². The second-order valence-corrected chi connectivity index (χ2v) is 9.66. The van der Waals surface area contributed by atoms with Gasteiger partial charge < -0.3 is 24.4 Å². The van der Waals surface area contributed by atoms with Crippen LogP contribution in [0.1, 0.15) is 42.5 Å². The van der Waals surface area contributed by atoms with Crippen molar-refractivity contribution in [3.63, 3.8) is 0 Å². The zero-order valence-corrected chi connectivity index (χ0v) is 21.5. The molecule has 1 amide bonds. The maximum atomic E-state index is 13.2. The molecule has 4 heterocycles. The van der Waals surface area contributed by atoms with E-state index in [0.717, 1.165) is 63.2 Å². The van der Waals surface area contributed by atoms with Crippen molar-refractivity contribution in [2.75, 3.05) is 33.2 Å². The van der Waals surface area contributed by atoms with Crippen LogP contribution in [0.25, 0.3) is 5.65 Å². The number of likely N-dealkylation sites (tertiary alicyclic amines) is 2. The Kier molecular flexibility index (Phi) is 9.79. The summed E-state index contributed by atoms with van der Waals surface area (Å²) in [5, 5.41) is 13.8. The average Bonchev–Trinajstić information content (AvgIpc) is 3.34. The molecule has 0 spiro atoms. The first-order valence-electron chi connectivity index (χ1n) is 12.5. The number of hydrogen-bond acceptors (Lipinski definition) is 5. The van der Waals surface area contributed by atoms with Crippen molar-refractivity contribution in [2.45, 2.75) is 38.0 Å². The number of amides is 1. The highest BCUT2D eigenvalue weighted by atomic mass is 16.3. The van der Waals surface area contributed by atoms with Gasteiger partial charge in [0.05, 0.1) is 5.69 Å². The van der Waals surface area contributed by atoms with Crippen LogP contribution in [0.3, 0.4) is 0 Å². The van der Waals surface area contributed by atoms with Crippen LogP contribution in [0, 0.1) is 12.8 Å². The Morgan fingerprint density at radius 3 is 2.19 bits per heavy atom. The first kappa shape index (κ1) is 27.9. The van der Waals surface area contributed by atoms with Crippen molar-refractivity contribution < 1.29 is 24.6 Å². The molecule has 37 heavy (non-hydrogen) atoms. The lowest BCUT2D eigenvalue weighted by atomic mass is 9.70. The first-order chi connectivity index (χ1) is 17.9. The summed E-state index contributed by atoms with van der Waals surface area (Å²) < 4.78 is 2.13. The van der Waals surface area contributed by atoms with E-state index in [4.69, 9.17) is 24.8 Å². The molecular formula is C28H36N4O5. The van der Waals surface area contributed by atoms with Crippen LogP contribution in [0.4, 0.5) is 0 Å². The SMILES string of the molecule is Cc1ccn2cc(C3(c4ccccc4)CCN(C(=O)C4CCN(C)CC4)CC3)nc2c1.O=CO.O=CO. The van der Waals surface area contributed by atoms with Gasteiger partial charge in [0.1, 0.15) is 5.65 Å². The lowest BCUT2D eigenvalue weighted by molar-refractivity contribution is -0.138. The number of rotatable bonds is 3. The molecule has 2 aromatic heterocycles. The van der Waals surface area contributed by atoms with Crippen LogP contribution < -0.4 is 0 Å². The van der Waals surface area contributed by atoms with E-state index in [-0.39, 0.29) is 24.3 Å². The zero-order chi connectivity index (χ0) is 26.8. The summed E-state index contributed by atoms with van der Waals surface area (Å²) in [6.45, 7) is 5.26. The van der Waals surface area contributed by atoms with Gasteiger partial charge in [-0.05, 0) is 76.0 Å². The van der Waals surface area contributed by atoms with E-state index in [1.54, 1.807) is 0 Å². The zero-order valence-electron chi connectivity index (χ0n) is 21.5. The highest BCUT2D eigenvalue weighted by Crippen LogP contribution is 2.41. The Balaban J connectivity index is 0.000000580. The minimum Gasteiger partial charge on any atom is -0.483 e. The van der Waals surface area contributed by atoms with Crippen LogP contribution in [0.2, 0.25) is 0 Å². The highest BCUT2D eigenvalue weighted by Gasteiger charge is 2.42. The molecule has 9 heteroatoms. The number of hydrogen-bond donors (Lipinski definition) is 2. The molecule has 2 saturated heterocycles. The summed E-state index contributed by atoms with van der Waals surface area (Å²) in [5.74, 6) is 0.555.